The summed E-state index contributed by atoms with van der Waals surface area (Å²) in [7, 11) is 0. The molecule has 0 fully saturated rings. The van der Waals surface area contributed by atoms with Crippen LogP contribution in [0.3, 0.4) is 0 Å². The third-order valence-electron chi connectivity index (χ3n) is 3.25. The number of rotatable bonds is 3. The summed E-state index contributed by atoms with van der Waals surface area (Å²) in [6.07, 6.45) is -0.876. The van der Waals surface area contributed by atoms with E-state index in [9.17, 15) is 9.90 Å². The van der Waals surface area contributed by atoms with Gasteiger partial charge in [-0.3, -0.25) is 4.79 Å². The Morgan fingerprint density at radius 2 is 1.90 bits per heavy atom. The smallest absolute Gasteiger partial charge is 0.266 e. The van der Waals surface area contributed by atoms with E-state index in [1.807, 2.05) is 20.8 Å². The average Bonchev–Trinajstić information content (AvgIpc) is 2.40. The number of benzene rings is 1. The fourth-order valence-corrected chi connectivity index (χ4v) is 2.25. The summed E-state index contributed by atoms with van der Waals surface area (Å²) in [4.78, 5) is 11.9. The van der Waals surface area contributed by atoms with Crippen LogP contribution in [0.4, 0.5) is 0 Å². The van der Waals surface area contributed by atoms with Crippen LogP contribution in [0.5, 0.6) is 0 Å². The standard InChI is InChI=1S/C16H19ClN2O2/c1-16(2,3)14-8-9-15(21)19(18-14)10-13(20)11-6-4-5-7-12(11)17/h4-9,13,20H,10H2,1-3H3. The minimum atomic E-state index is -0.876. The molecule has 0 saturated heterocycles. The maximum atomic E-state index is 11.9. The molecule has 0 spiro atoms. The molecule has 1 N–H and O–H groups in total. The SMILES string of the molecule is CC(C)(C)c1ccc(=O)n(CC(O)c2ccccc2Cl)n1. The van der Waals surface area contributed by atoms with E-state index in [1.54, 1.807) is 30.3 Å². The summed E-state index contributed by atoms with van der Waals surface area (Å²) >= 11 is 6.06. The zero-order valence-electron chi connectivity index (χ0n) is 12.4. The van der Waals surface area contributed by atoms with Gasteiger partial charge in [0.2, 0.25) is 0 Å². The first-order chi connectivity index (χ1) is 9.79. The minimum absolute atomic E-state index is 0.0759. The molecule has 1 atom stereocenters. The van der Waals surface area contributed by atoms with E-state index in [-0.39, 0.29) is 17.5 Å². The quantitative estimate of drug-likeness (QED) is 0.948. The topological polar surface area (TPSA) is 55.1 Å². The van der Waals surface area contributed by atoms with Crippen molar-refractivity contribution in [1.82, 2.24) is 9.78 Å². The molecular formula is C16H19ClN2O2. The van der Waals surface area contributed by atoms with Gasteiger partial charge in [-0.25, -0.2) is 4.68 Å². The number of hydrogen-bond acceptors (Lipinski definition) is 3. The number of aliphatic hydroxyl groups excluding tert-OH is 1. The maximum absolute atomic E-state index is 11.9. The highest BCUT2D eigenvalue weighted by atomic mass is 35.5. The molecular weight excluding hydrogens is 288 g/mol. The van der Waals surface area contributed by atoms with E-state index in [4.69, 9.17) is 11.6 Å². The second-order valence-electron chi connectivity index (χ2n) is 6.03. The molecule has 0 aliphatic rings. The first-order valence-corrected chi connectivity index (χ1v) is 7.18. The van der Waals surface area contributed by atoms with Gasteiger partial charge in [0.25, 0.3) is 5.56 Å². The van der Waals surface area contributed by atoms with Gasteiger partial charge in [-0.15, -0.1) is 0 Å². The molecule has 21 heavy (non-hydrogen) atoms. The van der Waals surface area contributed by atoms with Crippen molar-refractivity contribution in [2.75, 3.05) is 0 Å². The molecule has 2 aromatic rings. The van der Waals surface area contributed by atoms with Gasteiger partial charge in [0, 0.05) is 22.1 Å². The van der Waals surface area contributed by atoms with Crippen molar-refractivity contribution in [3.05, 3.63) is 63.0 Å². The van der Waals surface area contributed by atoms with E-state index >= 15 is 0 Å². The van der Waals surface area contributed by atoms with Gasteiger partial charge >= 0.3 is 0 Å². The summed E-state index contributed by atoms with van der Waals surface area (Å²) in [6.45, 7) is 6.14. The molecule has 0 bridgehead atoms. The van der Waals surface area contributed by atoms with Crippen LogP contribution in [-0.4, -0.2) is 14.9 Å². The predicted octanol–water partition coefficient (Wildman–Crippen LogP) is 2.93. The molecule has 1 unspecified atom stereocenters. The summed E-state index contributed by atoms with van der Waals surface area (Å²) < 4.78 is 1.29. The summed E-state index contributed by atoms with van der Waals surface area (Å²) in [6, 6.07) is 10.2. The Kier molecular flexibility index (Phi) is 4.49. The van der Waals surface area contributed by atoms with E-state index in [0.717, 1.165) is 5.69 Å². The highest BCUT2D eigenvalue weighted by molar-refractivity contribution is 6.31. The molecule has 0 aliphatic carbocycles. The first-order valence-electron chi connectivity index (χ1n) is 6.80. The predicted molar refractivity (Wildman–Crippen MR) is 83.6 cm³/mol. The van der Waals surface area contributed by atoms with Crippen molar-refractivity contribution in [3.63, 3.8) is 0 Å². The number of hydrogen-bond donors (Lipinski definition) is 1. The van der Waals surface area contributed by atoms with Gasteiger partial charge in [-0.1, -0.05) is 50.6 Å². The normalized spacial score (nSPS) is 13.2. The van der Waals surface area contributed by atoms with Crippen LogP contribution < -0.4 is 5.56 Å². The Morgan fingerprint density at radius 1 is 1.24 bits per heavy atom. The van der Waals surface area contributed by atoms with Crippen molar-refractivity contribution in [3.8, 4) is 0 Å². The third-order valence-corrected chi connectivity index (χ3v) is 3.59. The molecule has 4 nitrogen and oxygen atoms in total. The van der Waals surface area contributed by atoms with Crippen molar-refractivity contribution in [2.45, 2.75) is 38.8 Å². The van der Waals surface area contributed by atoms with Crippen molar-refractivity contribution in [2.24, 2.45) is 0 Å². The van der Waals surface area contributed by atoms with Crippen LogP contribution in [0.2, 0.25) is 5.02 Å². The lowest BCUT2D eigenvalue weighted by molar-refractivity contribution is 0.148. The molecule has 1 aromatic heterocycles. The first kappa shape index (κ1) is 15.7. The second kappa shape index (κ2) is 6.00. The molecule has 112 valence electrons. The van der Waals surface area contributed by atoms with Gasteiger partial charge in [-0.2, -0.15) is 5.10 Å². The molecule has 1 aromatic carbocycles. The summed E-state index contributed by atoms with van der Waals surface area (Å²) in [5.74, 6) is 0. The maximum Gasteiger partial charge on any atom is 0.266 e. The second-order valence-corrected chi connectivity index (χ2v) is 6.43. The van der Waals surface area contributed by atoms with Crippen LogP contribution in [0.25, 0.3) is 0 Å². The van der Waals surface area contributed by atoms with E-state index in [2.05, 4.69) is 5.10 Å². The van der Waals surface area contributed by atoms with Gasteiger partial charge < -0.3 is 5.11 Å². The van der Waals surface area contributed by atoms with Crippen molar-refractivity contribution >= 4 is 11.6 Å². The monoisotopic (exact) mass is 306 g/mol. The molecule has 2 rings (SSSR count). The molecule has 1 heterocycles. The van der Waals surface area contributed by atoms with Gasteiger partial charge in [0.1, 0.15) is 6.10 Å². The molecule has 0 aliphatic heterocycles. The van der Waals surface area contributed by atoms with E-state index < -0.39 is 6.10 Å². The lowest BCUT2D eigenvalue weighted by atomic mass is 9.92. The number of nitrogens with zero attached hydrogens (tertiary/aromatic N) is 2. The zero-order chi connectivity index (χ0) is 15.6. The molecule has 0 saturated carbocycles. The Bertz CT molecular complexity index is 689. The van der Waals surface area contributed by atoms with Gasteiger partial charge in [-0.05, 0) is 12.1 Å². The van der Waals surface area contributed by atoms with E-state index in [0.29, 0.717) is 10.6 Å². The average molecular weight is 307 g/mol. The Labute approximate surface area is 129 Å². The van der Waals surface area contributed by atoms with Crippen molar-refractivity contribution < 1.29 is 5.11 Å². The van der Waals surface area contributed by atoms with Crippen molar-refractivity contribution in [1.29, 1.82) is 0 Å². The Morgan fingerprint density at radius 3 is 2.52 bits per heavy atom. The van der Waals surface area contributed by atoms with Crippen LogP contribution in [0.15, 0.2) is 41.2 Å². The van der Waals surface area contributed by atoms with Gasteiger partial charge in [0.15, 0.2) is 0 Å². The lowest BCUT2D eigenvalue weighted by Crippen LogP contribution is -2.29. The molecule has 0 amide bonds. The third kappa shape index (κ3) is 3.71. The summed E-state index contributed by atoms with van der Waals surface area (Å²) in [5.41, 5.74) is 0.988. The van der Waals surface area contributed by atoms with Gasteiger partial charge in [0.05, 0.1) is 12.2 Å². The highest BCUT2D eigenvalue weighted by Gasteiger charge is 2.18. The highest BCUT2D eigenvalue weighted by Crippen LogP contribution is 2.23. The Hall–Kier alpha value is -1.65. The van der Waals surface area contributed by atoms with E-state index in [1.165, 1.54) is 10.7 Å². The minimum Gasteiger partial charge on any atom is -0.386 e. The summed E-state index contributed by atoms with van der Waals surface area (Å²) in [5, 5.41) is 15.1. The number of aromatic nitrogens is 2. The largest absolute Gasteiger partial charge is 0.386 e. The molecule has 5 heteroatoms. The fourth-order valence-electron chi connectivity index (χ4n) is 1.99. The van der Waals surface area contributed by atoms with Crippen LogP contribution >= 0.6 is 11.6 Å². The zero-order valence-corrected chi connectivity index (χ0v) is 13.1. The van der Waals surface area contributed by atoms with Crippen LogP contribution in [0, 0.1) is 0 Å². The number of aliphatic hydroxyl groups is 1. The fraction of sp³-hybridized carbons (Fsp3) is 0.375. The lowest BCUT2D eigenvalue weighted by Gasteiger charge is -2.19. The molecule has 0 radical (unpaired) electrons. The van der Waals surface area contributed by atoms with Crippen LogP contribution in [-0.2, 0) is 12.0 Å². The van der Waals surface area contributed by atoms with Crippen LogP contribution in [0.1, 0.15) is 38.1 Å². The Balaban J connectivity index is 2.31. The number of halogens is 1.